The van der Waals surface area contributed by atoms with Crippen LogP contribution in [-0.2, 0) is 5.54 Å². The Labute approximate surface area is 180 Å². The van der Waals surface area contributed by atoms with E-state index in [1.165, 1.54) is 12.8 Å². The Balaban J connectivity index is 1.45. The fourth-order valence-corrected chi connectivity index (χ4v) is 4.69. The molecule has 152 valence electrons. The standard InChI is InChI=1S/C21H24Cl2N6/c1-13-4-3-7-28(12-13)18-9-16-14(8-15(18)22)10-24-20(26-16)27-17-11-25-29(19(17)23)21(2)5-6-21/h8-11,13H,3-7,12H2,1-2H3,(H,24,26,27). The van der Waals surface area contributed by atoms with Gasteiger partial charge in [0.15, 0.2) is 5.15 Å². The summed E-state index contributed by atoms with van der Waals surface area (Å²) in [6.07, 6.45) is 8.18. The Kier molecular flexibility index (Phi) is 4.59. The first-order valence-corrected chi connectivity index (χ1v) is 10.9. The third-order valence-corrected chi connectivity index (χ3v) is 6.75. The predicted molar refractivity (Wildman–Crippen MR) is 119 cm³/mol. The van der Waals surface area contributed by atoms with Crippen molar-refractivity contribution in [2.75, 3.05) is 23.3 Å². The molecular weight excluding hydrogens is 407 g/mol. The smallest absolute Gasteiger partial charge is 0.227 e. The molecule has 2 fully saturated rings. The summed E-state index contributed by atoms with van der Waals surface area (Å²) in [4.78, 5) is 11.5. The van der Waals surface area contributed by atoms with Gasteiger partial charge in [-0.3, -0.25) is 0 Å². The van der Waals surface area contributed by atoms with Crippen molar-refractivity contribution >= 4 is 51.4 Å². The third-order valence-electron chi connectivity index (χ3n) is 6.09. The minimum atomic E-state index is 0.0402. The topological polar surface area (TPSA) is 58.9 Å². The molecule has 1 saturated heterocycles. The molecule has 1 aliphatic carbocycles. The number of nitrogens with zero attached hydrogens (tertiary/aromatic N) is 5. The Bertz CT molecular complexity index is 1070. The molecule has 29 heavy (non-hydrogen) atoms. The summed E-state index contributed by atoms with van der Waals surface area (Å²) in [7, 11) is 0. The second-order valence-electron chi connectivity index (χ2n) is 8.63. The lowest BCUT2D eigenvalue weighted by atomic mass is 9.99. The molecule has 1 atom stereocenters. The Morgan fingerprint density at radius 3 is 2.79 bits per heavy atom. The van der Waals surface area contributed by atoms with Crippen molar-refractivity contribution in [1.29, 1.82) is 0 Å². The highest BCUT2D eigenvalue weighted by Crippen LogP contribution is 2.45. The fourth-order valence-electron chi connectivity index (χ4n) is 4.06. The van der Waals surface area contributed by atoms with Gasteiger partial charge >= 0.3 is 0 Å². The number of hydrogen-bond donors (Lipinski definition) is 1. The van der Waals surface area contributed by atoms with E-state index in [1.807, 2.05) is 10.7 Å². The van der Waals surface area contributed by atoms with Crippen LogP contribution in [0.25, 0.3) is 10.9 Å². The van der Waals surface area contributed by atoms with Crippen molar-refractivity contribution < 1.29 is 0 Å². The molecule has 3 heterocycles. The van der Waals surface area contributed by atoms with Gasteiger partial charge in [-0.05, 0) is 50.7 Å². The van der Waals surface area contributed by atoms with Gasteiger partial charge in [-0.2, -0.15) is 5.10 Å². The maximum absolute atomic E-state index is 6.58. The number of hydrogen-bond acceptors (Lipinski definition) is 5. The normalized spacial score (nSPS) is 20.8. The number of rotatable bonds is 4. The van der Waals surface area contributed by atoms with Crippen LogP contribution < -0.4 is 10.2 Å². The van der Waals surface area contributed by atoms with Crippen LogP contribution in [0, 0.1) is 5.92 Å². The quantitative estimate of drug-likeness (QED) is 0.581. The van der Waals surface area contributed by atoms with E-state index >= 15 is 0 Å². The molecule has 0 spiro atoms. The molecule has 1 unspecified atom stereocenters. The lowest BCUT2D eigenvalue weighted by Crippen LogP contribution is -2.34. The summed E-state index contributed by atoms with van der Waals surface area (Å²) in [6.45, 7) is 6.50. The molecule has 8 heteroatoms. The highest BCUT2D eigenvalue weighted by atomic mass is 35.5. The van der Waals surface area contributed by atoms with Crippen LogP contribution in [0.4, 0.5) is 17.3 Å². The van der Waals surface area contributed by atoms with Crippen LogP contribution in [-0.4, -0.2) is 32.8 Å². The summed E-state index contributed by atoms with van der Waals surface area (Å²) in [5.74, 6) is 1.17. The average Bonchev–Trinajstić information content (AvgIpc) is 3.34. The maximum atomic E-state index is 6.58. The summed E-state index contributed by atoms with van der Waals surface area (Å²) >= 11 is 13.1. The van der Waals surface area contributed by atoms with E-state index in [0.29, 0.717) is 17.0 Å². The number of nitrogens with one attached hydrogen (secondary N) is 1. The Morgan fingerprint density at radius 2 is 2.03 bits per heavy atom. The minimum Gasteiger partial charge on any atom is -0.370 e. The zero-order chi connectivity index (χ0) is 20.2. The molecular formula is C21H24Cl2N6. The van der Waals surface area contributed by atoms with Gasteiger partial charge in [0.05, 0.1) is 33.6 Å². The van der Waals surface area contributed by atoms with Gasteiger partial charge in [0.1, 0.15) is 0 Å². The number of anilines is 3. The monoisotopic (exact) mass is 430 g/mol. The van der Waals surface area contributed by atoms with Crippen LogP contribution in [0.3, 0.4) is 0 Å². The molecule has 0 amide bonds. The number of halogens is 2. The van der Waals surface area contributed by atoms with Crippen molar-refractivity contribution in [2.24, 2.45) is 5.92 Å². The first-order valence-electron chi connectivity index (χ1n) is 10.2. The van der Waals surface area contributed by atoms with Crippen molar-refractivity contribution in [1.82, 2.24) is 19.7 Å². The number of piperidine rings is 1. The van der Waals surface area contributed by atoms with Crippen LogP contribution in [0.2, 0.25) is 10.2 Å². The summed E-state index contributed by atoms with van der Waals surface area (Å²) < 4.78 is 1.88. The largest absolute Gasteiger partial charge is 0.370 e. The van der Waals surface area contributed by atoms with Crippen LogP contribution in [0.1, 0.15) is 39.5 Å². The molecule has 2 aliphatic rings. The molecule has 2 aromatic heterocycles. The van der Waals surface area contributed by atoms with Crippen molar-refractivity contribution in [3.8, 4) is 0 Å². The number of aromatic nitrogens is 4. The van der Waals surface area contributed by atoms with E-state index in [1.54, 1.807) is 12.4 Å². The highest BCUT2D eigenvalue weighted by Gasteiger charge is 2.42. The van der Waals surface area contributed by atoms with E-state index in [9.17, 15) is 0 Å². The average molecular weight is 431 g/mol. The van der Waals surface area contributed by atoms with Crippen LogP contribution in [0.15, 0.2) is 24.5 Å². The SMILES string of the molecule is CC1CCCN(c2cc3nc(Nc4cnn(C5(C)CC5)c4Cl)ncc3cc2Cl)C1. The van der Waals surface area contributed by atoms with E-state index in [0.717, 1.165) is 53.2 Å². The summed E-state index contributed by atoms with van der Waals surface area (Å²) in [5, 5.41) is 9.92. The van der Waals surface area contributed by atoms with Crippen LogP contribution >= 0.6 is 23.2 Å². The zero-order valence-corrected chi connectivity index (χ0v) is 18.1. The van der Waals surface area contributed by atoms with Crippen LogP contribution in [0.5, 0.6) is 0 Å². The van der Waals surface area contributed by atoms with E-state index in [-0.39, 0.29) is 5.54 Å². The Hall–Kier alpha value is -2.05. The molecule has 6 nitrogen and oxygen atoms in total. The fraction of sp³-hybridized carbons (Fsp3) is 0.476. The van der Waals surface area contributed by atoms with Gasteiger partial charge < -0.3 is 10.2 Å². The van der Waals surface area contributed by atoms with E-state index in [4.69, 9.17) is 28.2 Å². The van der Waals surface area contributed by atoms with Crippen molar-refractivity contribution in [3.63, 3.8) is 0 Å². The van der Waals surface area contributed by atoms with Crippen molar-refractivity contribution in [3.05, 3.63) is 34.7 Å². The molecule has 0 radical (unpaired) electrons. The zero-order valence-electron chi connectivity index (χ0n) is 16.6. The minimum absolute atomic E-state index is 0.0402. The highest BCUT2D eigenvalue weighted by molar-refractivity contribution is 6.34. The molecule has 1 saturated carbocycles. The lowest BCUT2D eigenvalue weighted by molar-refractivity contribution is 0.447. The third kappa shape index (κ3) is 3.53. The molecule has 1 N–H and O–H groups in total. The molecule has 1 aliphatic heterocycles. The molecule has 3 aromatic rings. The second kappa shape index (κ2) is 7.03. The summed E-state index contributed by atoms with van der Waals surface area (Å²) in [5.41, 5.74) is 2.66. The van der Waals surface area contributed by atoms with Gasteiger partial charge in [0.25, 0.3) is 0 Å². The van der Waals surface area contributed by atoms with Gasteiger partial charge in [0, 0.05) is 24.7 Å². The van der Waals surface area contributed by atoms with Gasteiger partial charge in [0.2, 0.25) is 5.95 Å². The van der Waals surface area contributed by atoms with Gasteiger partial charge in [-0.15, -0.1) is 0 Å². The van der Waals surface area contributed by atoms with Gasteiger partial charge in [-0.25, -0.2) is 14.6 Å². The molecule has 5 rings (SSSR count). The van der Waals surface area contributed by atoms with E-state index in [2.05, 4.69) is 40.2 Å². The molecule has 0 bridgehead atoms. The molecule has 1 aromatic carbocycles. The predicted octanol–water partition coefficient (Wildman–Crippen LogP) is 5.62. The second-order valence-corrected chi connectivity index (χ2v) is 9.40. The Morgan fingerprint density at radius 1 is 1.21 bits per heavy atom. The van der Waals surface area contributed by atoms with Gasteiger partial charge in [-0.1, -0.05) is 30.1 Å². The first kappa shape index (κ1) is 18.9. The number of fused-ring (bicyclic) bond motifs is 1. The maximum Gasteiger partial charge on any atom is 0.227 e. The number of benzene rings is 1. The lowest BCUT2D eigenvalue weighted by Gasteiger charge is -2.33. The van der Waals surface area contributed by atoms with E-state index < -0.39 is 0 Å². The van der Waals surface area contributed by atoms with Crippen molar-refractivity contribution in [2.45, 2.75) is 45.1 Å². The first-order chi connectivity index (χ1) is 13.9. The summed E-state index contributed by atoms with van der Waals surface area (Å²) in [6, 6.07) is 4.02.